The molecule has 0 fully saturated rings. The van der Waals surface area contributed by atoms with Crippen LogP contribution in [-0.4, -0.2) is 7.11 Å². The maximum Gasteiger partial charge on any atom is 0.128 e. The monoisotopic (exact) mass is 326 g/mol. The highest BCUT2D eigenvalue weighted by molar-refractivity contribution is 9.09. The zero-order chi connectivity index (χ0) is 14.0. The summed E-state index contributed by atoms with van der Waals surface area (Å²) in [5.74, 6) is -0.282. The quantitative estimate of drug-likeness (QED) is 0.738. The van der Waals surface area contributed by atoms with E-state index in [0.717, 1.165) is 23.3 Å². The van der Waals surface area contributed by atoms with Gasteiger partial charge in [-0.1, -0.05) is 33.6 Å². The van der Waals surface area contributed by atoms with E-state index in [1.807, 2.05) is 25.1 Å². The molecule has 1 nitrogen and oxygen atoms in total. The maximum atomic E-state index is 13.8. The molecule has 1 atom stereocenters. The second kappa shape index (κ2) is 5.70. The lowest BCUT2D eigenvalue weighted by molar-refractivity contribution is 0.410. The highest BCUT2D eigenvalue weighted by atomic mass is 79.9. The molecule has 100 valence electrons. The number of benzene rings is 2. The van der Waals surface area contributed by atoms with Gasteiger partial charge in [-0.15, -0.1) is 0 Å². The largest absolute Gasteiger partial charge is 0.496 e. The van der Waals surface area contributed by atoms with Crippen LogP contribution in [0.4, 0.5) is 8.78 Å². The van der Waals surface area contributed by atoms with Crippen LogP contribution in [0.1, 0.15) is 21.5 Å². The first-order valence-corrected chi connectivity index (χ1v) is 6.68. The molecule has 19 heavy (non-hydrogen) atoms. The van der Waals surface area contributed by atoms with E-state index in [1.54, 1.807) is 7.11 Å². The molecule has 0 bridgehead atoms. The Balaban J connectivity index is 2.51. The normalized spacial score (nSPS) is 12.3. The summed E-state index contributed by atoms with van der Waals surface area (Å²) in [7, 11) is 1.55. The van der Waals surface area contributed by atoms with Crippen molar-refractivity contribution in [3.8, 4) is 5.75 Å². The zero-order valence-corrected chi connectivity index (χ0v) is 12.2. The van der Waals surface area contributed by atoms with Crippen molar-refractivity contribution in [3.63, 3.8) is 0 Å². The Morgan fingerprint density at radius 1 is 1.05 bits per heavy atom. The molecule has 0 spiro atoms. The van der Waals surface area contributed by atoms with Crippen molar-refractivity contribution in [1.29, 1.82) is 0 Å². The predicted octanol–water partition coefficient (Wildman–Crippen LogP) is 4.77. The van der Waals surface area contributed by atoms with Gasteiger partial charge in [0.15, 0.2) is 0 Å². The summed E-state index contributed by atoms with van der Waals surface area (Å²) in [6.07, 6.45) is 0. The van der Waals surface area contributed by atoms with Crippen molar-refractivity contribution < 1.29 is 13.5 Å². The fourth-order valence-electron chi connectivity index (χ4n) is 1.93. The Labute approximate surface area is 119 Å². The summed E-state index contributed by atoms with van der Waals surface area (Å²) in [6.45, 7) is 1.94. The summed E-state index contributed by atoms with van der Waals surface area (Å²) in [5.41, 5.74) is 2.05. The minimum Gasteiger partial charge on any atom is -0.496 e. The van der Waals surface area contributed by atoms with Crippen LogP contribution < -0.4 is 4.74 Å². The van der Waals surface area contributed by atoms with E-state index in [4.69, 9.17) is 4.74 Å². The van der Waals surface area contributed by atoms with E-state index in [0.29, 0.717) is 5.75 Å². The minimum atomic E-state index is -0.465. The number of alkyl halides is 1. The molecule has 0 aromatic heterocycles. The van der Waals surface area contributed by atoms with Gasteiger partial charge in [-0.2, -0.15) is 0 Å². The van der Waals surface area contributed by atoms with Crippen LogP contribution in [0, 0.1) is 18.6 Å². The molecule has 0 aliphatic rings. The van der Waals surface area contributed by atoms with Crippen molar-refractivity contribution in [2.75, 3.05) is 7.11 Å². The third kappa shape index (κ3) is 2.95. The zero-order valence-electron chi connectivity index (χ0n) is 10.6. The van der Waals surface area contributed by atoms with E-state index < -0.39 is 16.5 Å². The molecule has 1 unspecified atom stereocenters. The lowest BCUT2D eigenvalue weighted by atomic mass is 10.0. The van der Waals surface area contributed by atoms with E-state index in [9.17, 15) is 8.78 Å². The topological polar surface area (TPSA) is 9.23 Å². The van der Waals surface area contributed by atoms with Gasteiger partial charge >= 0.3 is 0 Å². The SMILES string of the molecule is COc1ccc(C)cc1C(Br)c1cc(F)ccc1F. The van der Waals surface area contributed by atoms with Crippen molar-refractivity contribution in [3.05, 3.63) is 64.7 Å². The van der Waals surface area contributed by atoms with Crippen LogP contribution in [0.15, 0.2) is 36.4 Å². The van der Waals surface area contributed by atoms with Gasteiger partial charge in [-0.25, -0.2) is 8.78 Å². The number of hydrogen-bond acceptors (Lipinski definition) is 1. The number of ether oxygens (including phenoxy) is 1. The molecule has 2 aromatic carbocycles. The van der Waals surface area contributed by atoms with Crippen LogP contribution in [0.3, 0.4) is 0 Å². The summed E-state index contributed by atoms with van der Waals surface area (Å²) >= 11 is 3.42. The molecule has 2 aromatic rings. The molecule has 0 N–H and O–H groups in total. The molecule has 0 amide bonds. The Bertz CT molecular complexity index is 599. The Hall–Kier alpha value is -1.42. The Morgan fingerprint density at radius 3 is 2.47 bits per heavy atom. The third-order valence-electron chi connectivity index (χ3n) is 2.89. The number of aryl methyl sites for hydroxylation is 1. The molecular weight excluding hydrogens is 314 g/mol. The van der Waals surface area contributed by atoms with Gasteiger partial charge in [0, 0.05) is 11.1 Å². The van der Waals surface area contributed by atoms with Gasteiger partial charge < -0.3 is 4.74 Å². The van der Waals surface area contributed by atoms with Crippen LogP contribution in [0.5, 0.6) is 5.75 Å². The fourth-order valence-corrected chi connectivity index (χ4v) is 2.64. The molecule has 0 aliphatic heterocycles. The highest BCUT2D eigenvalue weighted by Gasteiger charge is 2.19. The van der Waals surface area contributed by atoms with Crippen LogP contribution in [-0.2, 0) is 0 Å². The summed E-state index contributed by atoms with van der Waals surface area (Å²) in [6, 6.07) is 9.03. The Kier molecular flexibility index (Phi) is 4.20. The fraction of sp³-hybridized carbons (Fsp3) is 0.200. The molecule has 4 heteroatoms. The first-order valence-electron chi connectivity index (χ1n) is 5.76. The molecule has 0 saturated heterocycles. The van der Waals surface area contributed by atoms with Gasteiger partial charge in [0.25, 0.3) is 0 Å². The molecule has 0 heterocycles. The smallest absolute Gasteiger partial charge is 0.128 e. The first kappa shape index (κ1) is 14.0. The molecule has 0 aliphatic carbocycles. The summed E-state index contributed by atoms with van der Waals surface area (Å²) < 4.78 is 32.3. The van der Waals surface area contributed by atoms with E-state index >= 15 is 0 Å². The van der Waals surface area contributed by atoms with Crippen molar-refractivity contribution >= 4 is 15.9 Å². The molecule has 0 saturated carbocycles. The van der Waals surface area contributed by atoms with E-state index in [1.165, 1.54) is 6.07 Å². The number of halogens is 3. The minimum absolute atomic E-state index is 0.254. The van der Waals surface area contributed by atoms with Gasteiger partial charge in [0.2, 0.25) is 0 Å². The standard InChI is InChI=1S/C15H13BrF2O/c1-9-3-6-14(19-2)12(7-9)15(16)11-8-10(17)4-5-13(11)18/h3-8,15H,1-2H3. The van der Waals surface area contributed by atoms with E-state index in [-0.39, 0.29) is 5.56 Å². The third-order valence-corrected chi connectivity index (χ3v) is 3.88. The maximum absolute atomic E-state index is 13.8. The molecule has 2 rings (SSSR count). The van der Waals surface area contributed by atoms with Crippen molar-refractivity contribution in [2.24, 2.45) is 0 Å². The van der Waals surface area contributed by atoms with E-state index in [2.05, 4.69) is 15.9 Å². The van der Waals surface area contributed by atoms with Gasteiger partial charge in [0.1, 0.15) is 17.4 Å². The van der Waals surface area contributed by atoms with Crippen LogP contribution in [0.25, 0.3) is 0 Å². The predicted molar refractivity (Wildman–Crippen MR) is 74.9 cm³/mol. The number of hydrogen-bond donors (Lipinski definition) is 0. The Morgan fingerprint density at radius 2 is 1.79 bits per heavy atom. The lowest BCUT2D eigenvalue weighted by Gasteiger charge is -2.16. The second-order valence-electron chi connectivity index (χ2n) is 4.27. The summed E-state index contributed by atoms with van der Waals surface area (Å²) in [4.78, 5) is -0.460. The van der Waals surface area contributed by atoms with Crippen molar-refractivity contribution in [2.45, 2.75) is 11.8 Å². The molecule has 0 radical (unpaired) electrons. The number of methoxy groups -OCH3 is 1. The second-order valence-corrected chi connectivity index (χ2v) is 5.19. The summed E-state index contributed by atoms with van der Waals surface area (Å²) in [5, 5.41) is 0. The average molecular weight is 327 g/mol. The lowest BCUT2D eigenvalue weighted by Crippen LogP contribution is -2.01. The highest BCUT2D eigenvalue weighted by Crippen LogP contribution is 2.38. The van der Waals surface area contributed by atoms with Gasteiger partial charge in [-0.05, 0) is 31.2 Å². The van der Waals surface area contributed by atoms with Gasteiger partial charge in [0.05, 0.1) is 11.9 Å². The molecular formula is C15H13BrF2O. The van der Waals surface area contributed by atoms with Gasteiger partial charge in [-0.3, -0.25) is 0 Å². The number of rotatable bonds is 3. The average Bonchev–Trinajstić information content (AvgIpc) is 2.40. The van der Waals surface area contributed by atoms with Crippen molar-refractivity contribution in [1.82, 2.24) is 0 Å². The van der Waals surface area contributed by atoms with Crippen LogP contribution >= 0.6 is 15.9 Å². The first-order chi connectivity index (χ1) is 9.02. The van der Waals surface area contributed by atoms with Crippen LogP contribution in [0.2, 0.25) is 0 Å².